The van der Waals surface area contributed by atoms with Crippen LogP contribution in [0.25, 0.3) is 0 Å². The third-order valence-electron chi connectivity index (χ3n) is 14.3. The average Bonchev–Trinajstić information content (AvgIpc) is 3.35. The van der Waals surface area contributed by atoms with Crippen LogP contribution in [0.3, 0.4) is 0 Å². The van der Waals surface area contributed by atoms with E-state index < -0.39 is 33.6 Å². The van der Waals surface area contributed by atoms with Crippen LogP contribution in [0.15, 0.2) is 97.8 Å². The summed E-state index contributed by atoms with van der Waals surface area (Å²) in [7, 11) is 1.38. The van der Waals surface area contributed by atoms with Crippen LogP contribution in [0.1, 0.15) is 132 Å². The second kappa shape index (κ2) is 29.6. The highest BCUT2D eigenvalue weighted by molar-refractivity contribution is 7.99. The molecule has 13 nitrogen and oxygen atoms in total. The van der Waals surface area contributed by atoms with E-state index in [-0.39, 0.29) is 41.2 Å². The lowest BCUT2D eigenvalue weighted by atomic mass is 9.63. The number of nitrogens with one attached hydrogen (secondary N) is 2. The van der Waals surface area contributed by atoms with Crippen molar-refractivity contribution < 1.29 is 53.8 Å². The minimum Gasteiger partial charge on any atom is -0.481 e. The van der Waals surface area contributed by atoms with Gasteiger partial charge in [0, 0.05) is 16.5 Å². The number of carboxylic acids is 2. The summed E-state index contributed by atoms with van der Waals surface area (Å²) in [6, 6.07) is 21.4. The molecule has 5 N–H and O–H groups in total. The second-order valence-electron chi connectivity index (χ2n) is 20.6. The van der Waals surface area contributed by atoms with Gasteiger partial charge in [0.15, 0.2) is 0 Å². The molecule has 0 heterocycles. The molecule has 72 heavy (non-hydrogen) atoms. The molecule has 3 rings (SSSR count). The number of hydrogen-bond donors (Lipinski definition) is 5. The number of anilines is 2. The number of methoxy groups -OCH3 is 1. The second-order valence-corrected chi connectivity index (χ2v) is 22.4. The van der Waals surface area contributed by atoms with Gasteiger partial charge in [-0.1, -0.05) is 125 Å². The summed E-state index contributed by atoms with van der Waals surface area (Å²) >= 11 is 13.1. The highest BCUT2D eigenvalue weighted by Crippen LogP contribution is 2.47. The van der Waals surface area contributed by atoms with E-state index in [2.05, 4.69) is 56.4 Å². The Morgan fingerprint density at radius 1 is 0.708 bits per heavy atom. The number of ether oxygens (including phenoxy) is 2. The monoisotopic (exact) mass is 1060 g/mol. The summed E-state index contributed by atoms with van der Waals surface area (Å²) in [5.74, 6) is -1.41. The lowest BCUT2D eigenvalue weighted by Crippen LogP contribution is -2.37. The van der Waals surface area contributed by atoms with Crippen molar-refractivity contribution in [3.05, 3.63) is 119 Å². The van der Waals surface area contributed by atoms with Crippen molar-refractivity contribution in [1.82, 2.24) is 0 Å². The van der Waals surface area contributed by atoms with E-state index in [1.54, 1.807) is 39.0 Å². The van der Waals surface area contributed by atoms with Crippen molar-refractivity contribution in [2.75, 3.05) is 29.2 Å². The Morgan fingerprint density at radius 2 is 1.24 bits per heavy atom. The van der Waals surface area contributed by atoms with Crippen molar-refractivity contribution in [2.24, 2.45) is 32.5 Å². The van der Waals surface area contributed by atoms with Gasteiger partial charge in [-0.05, 0) is 133 Å². The number of thioether (sulfide) groups is 1. The average molecular weight is 1060 g/mol. The maximum Gasteiger partial charge on any atom is 0.323 e. The first kappa shape index (κ1) is 65.0. The van der Waals surface area contributed by atoms with Gasteiger partial charge in [0.25, 0.3) is 0 Å². The van der Waals surface area contributed by atoms with E-state index in [1.165, 1.54) is 18.9 Å². The Hall–Kier alpha value is -5.02. The van der Waals surface area contributed by atoms with Crippen molar-refractivity contribution in [2.45, 2.75) is 134 Å². The minimum atomic E-state index is -0.899. The van der Waals surface area contributed by atoms with Gasteiger partial charge < -0.3 is 35.2 Å². The molecule has 0 aliphatic rings. The predicted octanol–water partition coefficient (Wildman–Crippen LogP) is 15.2. The number of halogens is 2. The van der Waals surface area contributed by atoms with Gasteiger partial charge in [0.1, 0.15) is 12.4 Å². The summed E-state index contributed by atoms with van der Waals surface area (Å²) in [4.78, 5) is 64.4. The number of allylic oxidation sites excluding steroid dienone is 1. The number of carboxylic acid groups (broad SMARTS) is 2. The fourth-order valence-electron chi connectivity index (χ4n) is 6.79. The summed E-state index contributed by atoms with van der Waals surface area (Å²) in [6.45, 7) is 29.1. The van der Waals surface area contributed by atoms with Gasteiger partial charge in [-0.2, -0.15) is 11.8 Å². The van der Waals surface area contributed by atoms with Gasteiger partial charge in [-0.3, -0.25) is 19.2 Å². The van der Waals surface area contributed by atoms with Gasteiger partial charge in [0.2, 0.25) is 0 Å². The molecular weight excluding hydrogens is 980 g/mol. The molecular formula is C56H80Cl2N2O11S. The minimum absolute atomic E-state index is 0.0676. The lowest BCUT2D eigenvalue weighted by Gasteiger charge is -2.42. The molecule has 0 fully saturated rings. The fourth-order valence-corrected chi connectivity index (χ4v) is 8.34. The van der Waals surface area contributed by atoms with Crippen LogP contribution in [0.4, 0.5) is 16.2 Å². The molecule has 16 heteroatoms. The van der Waals surface area contributed by atoms with Gasteiger partial charge in [-0.15, -0.1) is 6.58 Å². The Balaban J connectivity index is 0.000000549. The zero-order chi connectivity index (χ0) is 55.1. The van der Waals surface area contributed by atoms with Gasteiger partial charge in [-0.25, -0.2) is 10.1 Å². The molecule has 0 bridgehead atoms. The van der Waals surface area contributed by atoms with Gasteiger partial charge in [0.05, 0.1) is 45.2 Å². The number of benzene rings is 3. The maximum absolute atomic E-state index is 12.9. The zero-order valence-electron chi connectivity index (χ0n) is 44.5. The third kappa shape index (κ3) is 20.8. The summed E-state index contributed by atoms with van der Waals surface area (Å²) in [6.07, 6.45) is 6.06. The SMILES string of the molecule is C=C(CSCC(C)(CCC(C)(CC)C(=O)O)C(=O)OCc1ccccc1)OO.C=CC(C)(C)C(C)(C)CCC(C)(CCC(C)(CC)C(=O)OC)C(=O)O.Cc1ccc(NC(=O)Nc2ccc(Cl)cc2Cl)cc1. The van der Waals surface area contributed by atoms with E-state index >= 15 is 0 Å². The van der Waals surface area contributed by atoms with E-state index in [0.29, 0.717) is 77.9 Å². The molecule has 3 aromatic rings. The predicted molar refractivity (Wildman–Crippen MR) is 292 cm³/mol. The number of hydrogen-bond acceptors (Lipinski definition) is 10. The smallest absolute Gasteiger partial charge is 0.323 e. The standard InChI is InChI=1S/C21H30O6S.C21H38O4.C14H12Cl2N2O/c1-5-20(3,18(22)23)11-12-21(4,15-28-14-16(2)27-25)19(24)26-13-17-9-7-6-8-10-17;1-10-18(3,4)19(5,6)12-13-21(8,16(22)23)15-14-20(7,11-2)17(24)25-9;1-9-2-5-11(6-3-9)17-14(19)18-13-7-4-10(15)8-12(13)16/h6-10,25H,2,5,11-15H2,1,3-4H3,(H,22,23);10H,1,11-15H2,2-9H3,(H,22,23);2-8H,1H3,(H2,17,18,19). The summed E-state index contributed by atoms with van der Waals surface area (Å²) in [5.41, 5.74) is -0.185. The highest BCUT2D eigenvalue weighted by Gasteiger charge is 2.43. The summed E-state index contributed by atoms with van der Waals surface area (Å²) < 4.78 is 10.4. The van der Waals surface area contributed by atoms with Crippen LogP contribution in [0.2, 0.25) is 10.0 Å². The fraction of sp³-hybridized carbons (Fsp3) is 0.518. The first-order valence-electron chi connectivity index (χ1n) is 24.0. The molecule has 0 saturated carbocycles. The molecule has 2 amide bonds. The molecule has 400 valence electrons. The van der Waals surface area contributed by atoms with E-state index in [1.807, 2.05) is 88.4 Å². The van der Waals surface area contributed by atoms with E-state index in [9.17, 15) is 34.2 Å². The molecule has 0 radical (unpaired) electrons. The van der Waals surface area contributed by atoms with Crippen LogP contribution in [0.5, 0.6) is 0 Å². The number of carbonyl (C=O) groups is 5. The Morgan fingerprint density at radius 3 is 1.74 bits per heavy atom. The quantitative estimate of drug-likeness (QED) is 0.0168. The van der Waals surface area contributed by atoms with Gasteiger partial charge >= 0.3 is 29.9 Å². The maximum atomic E-state index is 12.9. The van der Waals surface area contributed by atoms with Crippen LogP contribution in [0, 0.1) is 39.4 Å². The molecule has 4 unspecified atom stereocenters. The molecule has 0 aliphatic heterocycles. The highest BCUT2D eigenvalue weighted by atomic mass is 35.5. The molecule has 4 atom stereocenters. The van der Waals surface area contributed by atoms with Crippen LogP contribution >= 0.6 is 35.0 Å². The van der Waals surface area contributed by atoms with Crippen molar-refractivity contribution >= 4 is 76.2 Å². The number of rotatable bonds is 26. The van der Waals surface area contributed by atoms with Crippen LogP contribution in [-0.4, -0.2) is 64.0 Å². The van der Waals surface area contributed by atoms with Crippen molar-refractivity contribution in [3.8, 4) is 0 Å². The van der Waals surface area contributed by atoms with E-state index in [4.69, 9.17) is 37.9 Å². The number of urea groups is 1. The topological polar surface area (TPSA) is 198 Å². The third-order valence-corrected chi connectivity index (χ3v) is 16.2. The lowest BCUT2D eigenvalue weighted by molar-refractivity contribution is -0.201. The Labute approximate surface area is 442 Å². The number of carbonyl (C=O) groups excluding carboxylic acids is 3. The molecule has 0 saturated heterocycles. The first-order valence-corrected chi connectivity index (χ1v) is 25.9. The zero-order valence-corrected chi connectivity index (χ0v) is 46.8. The largest absolute Gasteiger partial charge is 0.481 e. The van der Waals surface area contributed by atoms with E-state index in [0.717, 1.165) is 17.5 Å². The van der Waals surface area contributed by atoms with Crippen molar-refractivity contribution in [3.63, 3.8) is 0 Å². The number of esters is 2. The molecule has 3 aromatic carbocycles. The Bertz CT molecular complexity index is 2260. The number of aliphatic carboxylic acids is 2. The number of aryl methyl sites for hydroxylation is 1. The molecule has 0 aromatic heterocycles. The first-order chi connectivity index (χ1) is 33.4. The van der Waals surface area contributed by atoms with Crippen molar-refractivity contribution in [1.29, 1.82) is 0 Å². The van der Waals surface area contributed by atoms with Crippen LogP contribution in [-0.2, 0) is 40.1 Å². The normalized spacial score (nSPS) is 14.5. The number of amides is 2. The Kier molecular flexibility index (Phi) is 26.7. The molecule has 0 spiro atoms. The summed E-state index contributed by atoms with van der Waals surface area (Å²) in [5, 5.41) is 34.3. The molecule has 0 aliphatic carbocycles. The van der Waals surface area contributed by atoms with Crippen LogP contribution < -0.4 is 10.6 Å².